The van der Waals surface area contributed by atoms with Crippen LogP contribution in [0.2, 0.25) is 0 Å². The summed E-state index contributed by atoms with van der Waals surface area (Å²) in [5.74, 6) is 0. The average molecular weight is 75.1 g/mol. The van der Waals surface area contributed by atoms with Gasteiger partial charge in [0.15, 0.2) is 0 Å². The predicted octanol–water partition coefficient (Wildman–Crippen LogP) is -0.706. The third-order valence-corrected chi connectivity index (χ3v) is 0.333. The zero-order chi connectivity index (χ0) is 4.99. The fourth-order valence-corrected chi connectivity index (χ4v) is 0.0962. The summed E-state index contributed by atoms with van der Waals surface area (Å²) in [5.41, 5.74) is 10.0. The summed E-state index contributed by atoms with van der Waals surface area (Å²) in [7, 11) is 0. The molecular formula is C3H10N2. The molecule has 0 aliphatic heterocycles. The van der Waals surface area contributed by atoms with Crippen molar-refractivity contribution in [2.75, 3.05) is 13.1 Å². The van der Waals surface area contributed by atoms with Gasteiger partial charge in [0.05, 0.1) is 0 Å². The Hall–Kier alpha value is -0.0800. The van der Waals surface area contributed by atoms with Gasteiger partial charge in [-0.2, -0.15) is 0 Å². The van der Waals surface area contributed by atoms with Gasteiger partial charge < -0.3 is 11.5 Å². The molecule has 0 aromatic heterocycles. The number of hydrogen-bond acceptors (Lipinski definition) is 2. The van der Waals surface area contributed by atoms with Gasteiger partial charge in [-0.1, -0.05) is 0 Å². The third-order valence-electron chi connectivity index (χ3n) is 0.333. The summed E-state index contributed by atoms with van der Waals surface area (Å²) in [6.45, 7) is 0.0417. The van der Waals surface area contributed by atoms with Crippen LogP contribution in [0, 0.1) is 0 Å². The second kappa shape index (κ2) is 3.92. The Kier molecular flexibility index (Phi) is 2.45. The van der Waals surface area contributed by atoms with E-state index in [1.807, 2.05) is 0 Å². The van der Waals surface area contributed by atoms with Crippen LogP contribution in [0.4, 0.5) is 0 Å². The summed E-state index contributed by atoms with van der Waals surface area (Å²) in [6, 6.07) is 0. The Morgan fingerprint density at radius 2 is 2.20 bits per heavy atom. The smallest absolute Gasteiger partial charge is 0.0426 e. The molecule has 1 unspecified atom stereocenters. The lowest BCUT2D eigenvalue weighted by Gasteiger charge is -1.81. The number of hydrogen-bond donors (Lipinski definition) is 2. The van der Waals surface area contributed by atoms with Gasteiger partial charge in [0.25, 0.3) is 0 Å². The van der Waals surface area contributed by atoms with Gasteiger partial charge in [0.1, 0.15) is 0 Å². The molecule has 0 radical (unpaired) electrons. The van der Waals surface area contributed by atoms with E-state index in [4.69, 9.17) is 12.8 Å². The minimum absolute atomic E-state index is 0.477. The standard InChI is InChI=1S/C3H10N2/c4-2-1-3-5/h1-5H2/i2D. The SMILES string of the molecule is [2H]C(N)CCN. The summed E-state index contributed by atoms with van der Waals surface area (Å²) in [4.78, 5) is 0. The first kappa shape index (κ1) is 3.12. The molecule has 2 nitrogen and oxygen atoms in total. The van der Waals surface area contributed by atoms with Gasteiger partial charge in [-0.3, -0.25) is 0 Å². The fourth-order valence-electron chi connectivity index (χ4n) is 0.0962. The van der Waals surface area contributed by atoms with Gasteiger partial charge in [-0.15, -0.1) is 0 Å². The molecule has 2 heteroatoms. The molecule has 0 aromatic rings. The summed E-state index contributed by atoms with van der Waals surface area (Å²) in [5, 5.41) is 0. The molecule has 0 spiro atoms. The van der Waals surface area contributed by atoms with E-state index in [2.05, 4.69) is 0 Å². The molecule has 32 valence electrons. The average Bonchev–Trinajstić information content (AvgIpc) is 1.35. The van der Waals surface area contributed by atoms with Crippen molar-refractivity contribution in [3.8, 4) is 0 Å². The van der Waals surface area contributed by atoms with Crippen LogP contribution in [0.15, 0.2) is 0 Å². The lowest BCUT2D eigenvalue weighted by atomic mass is 10.4. The topological polar surface area (TPSA) is 52.0 Å². The summed E-state index contributed by atoms with van der Waals surface area (Å²) < 4.78 is 6.68. The predicted molar refractivity (Wildman–Crippen MR) is 22.7 cm³/mol. The van der Waals surface area contributed by atoms with Crippen LogP contribution in [0.25, 0.3) is 0 Å². The van der Waals surface area contributed by atoms with E-state index in [9.17, 15) is 0 Å². The zero-order valence-electron chi connectivity index (χ0n) is 4.15. The van der Waals surface area contributed by atoms with Crippen molar-refractivity contribution >= 4 is 0 Å². The highest BCUT2D eigenvalue weighted by atomic mass is 14.6. The van der Waals surface area contributed by atoms with Crippen LogP contribution in [0.5, 0.6) is 0 Å². The minimum atomic E-state index is -0.477. The monoisotopic (exact) mass is 75.1 g/mol. The first-order valence-electron chi connectivity index (χ1n) is 2.23. The van der Waals surface area contributed by atoms with Gasteiger partial charge >= 0.3 is 0 Å². The van der Waals surface area contributed by atoms with Crippen molar-refractivity contribution in [1.82, 2.24) is 0 Å². The van der Waals surface area contributed by atoms with E-state index in [-0.39, 0.29) is 0 Å². The van der Waals surface area contributed by atoms with E-state index < -0.39 is 6.52 Å². The maximum atomic E-state index is 6.68. The van der Waals surface area contributed by atoms with E-state index in [1.165, 1.54) is 0 Å². The van der Waals surface area contributed by atoms with Crippen LogP contribution in [-0.2, 0) is 0 Å². The van der Waals surface area contributed by atoms with E-state index in [0.717, 1.165) is 0 Å². The Bertz CT molecular complexity index is 30.0. The maximum Gasteiger partial charge on any atom is 0.0426 e. The number of nitrogens with two attached hydrogens (primary N) is 2. The van der Waals surface area contributed by atoms with Crippen LogP contribution < -0.4 is 11.5 Å². The molecule has 0 saturated heterocycles. The lowest BCUT2D eigenvalue weighted by Crippen LogP contribution is -2.06. The highest BCUT2D eigenvalue weighted by molar-refractivity contribution is 4.33. The van der Waals surface area contributed by atoms with E-state index in [1.54, 1.807) is 0 Å². The fraction of sp³-hybridized carbons (Fsp3) is 1.00. The largest absolute Gasteiger partial charge is 0.330 e. The van der Waals surface area contributed by atoms with Crippen LogP contribution >= 0.6 is 0 Å². The van der Waals surface area contributed by atoms with Gasteiger partial charge in [-0.05, 0) is 19.5 Å². The summed E-state index contributed by atoms with van der Waals surface area (Å²) >= 11 is 0. The molecule has 4 N–H and O–H groups in total. The second-order valence-electron chi connectivity index (χ2n) is 0.813. The molecule has 0 amide bonds. The molecule has 0 fully saturated rings. The molecule has 0 heterocycles. The van der Waals surface area contributed by atoms with Gasteiger partial charge in [0, 0.05) is 1.37 Å². The first-order chi connectivity index (χ1) is 2.77. The molecule has 0 rings (SSSR count). The van der Waals surface area contributed by atoms with Gasteiger partial charge in [-0.25, -0.2) is 0 Å². The Labute approximate surface area is 33.6 Å². The molecule has 0 bridgehead atoms. The minimum Gasteiger partial charge on any atom is -0.330 e. The van der Waals surface area contributed by atoms with E-state index >= 15 is 0 Å². The molecule has 5 heavy (non-hydrogen) atoms. The van der Waals surface area contributed by atoms with Crippen LogP contribution in [0.1, 0.15) is 7.79 Å². The highest BCUT2D eigenvalue weighted by Gasteiger charge is 1.67. The van der Waals surface area contributed by atoms with Gasteiger partial charge in [0.2, 0.25) is 0 Å². The van der Waals surface area contributed by atoms with Crippen LogP contribution in [-0.4, -0.2) is 13.1 Å². The Morgan fingerprint density at radius 1 is 1.60 bits per heavy atom. The van der Waals surface area contributed by atoms with Crippen molar-refractivity contribution in [3.05, 3.63) is 0 Å². The quantitative estimate of drug-likeness (QED) is 0.455. The summed E-state index contributed by atoms with van der Waals surface area (Å²) in [6.07, 6.45) is 0.597. The normalized spacial score (nSPS) is 17.6. The van der Waals surface area contributed by atoms with Crippen molar-refractivity contribution in [2.45, 2.75) is 6.42 Å². The molecule has 0 aromatic carbocycles. The first-order valence-corrected chi connectivity index (χ1v) is 1.65. The van der Waals surface area contributed by atoms with Crippen molar-refractivity contribution in [3.63, 3.8) is 0 Å². The maximum absolute atomic E-state index is 6.68. The lowest BCUT2D eigenvalue weighted by molar-refractivity contribution is 0.844. The molecule has 0 aliphatic rings. The highest BCUT2D eigenvalue weighted by Crippen LogP contribution is 1.58. The molecule has 0 aliphatic carbocycles. The van der Waals surface area contributed by atoms with Crippen LogP contribution in [0.3, 0.4) is 0 Å². The van der Waals surface area contributed by atoms with E-state index in [0.29, 0.717) is 13.0 Å². The number of rotatable bonds is 2. The van der Waals surface area contributed by atoms with Crippen molar-refractivity contribution in [1.29, 1.82) is 0 Å². The second-order valence-corrected chi connectivity index (χ2v) is 0.813. The molecule has 0 saturated carbocycles. The Morgan fingerprint density at radius 3 is 2.20 bits per heavy atom. The van der Waals surface area contributed by atoms with Crippen molar-refractivity contribution in [2.24, 2.45) is 11.5 Å². The zero-order valence-corrected chi connectivity index (χ0v) is 3.15. The Balaban J connectivity index is 2.63. The van der Waals surface area contributed by atoms with Crippen molar-refractivity contribution < 1.29 is 1.37 Å². The molecular weight excluding hydrogens is 64.0 g/mol. The molecule has 1 atom stereocenters. The third kappa shape index (κ3) is 3.92.